The van der Waals surface area contributed by atoms with Crippen LogP contribution in [0.5, 0.6) is 0 Å². The summed E-state index contributed by atoms with van der Waals surface area (Å²) in [6.07, 6.45) is -0.847. The number of likely N-dealkylation sites (N-methyl/N-ethyl adjacent to an activating group) is 1. The smallest absolute Gasteiger partial charge is 0.240 e. The van der Waals surface area contributed by atoms with Crippen LogP contribution in [0.4, 0.5) is 11.4 Å². The van der Waals surface area contributed by atoms with Gasteiger partial charge in [0.15, 0.2) is 0 Å². The van der Waals surface area contributed by atoms with Crippen molar-refractivity contribution in [1.82, 2.24) is 5.32 Å². The maximum atomic E-state index is 12.1. The van der Waals surface area contributed by atoms with E-state index in [0.717, 1.165) is 12.2 Å². The fourth-order valence-electron chi connectivity index (χ4n) is 3.49. The van der Waals surface area contributed by atoms with E-state index < -0.39 is 16.1 Å². The van der Waals surface area contributed by atoms with Crippen LogP contribution >= 0.6 is 0 Å². The third kappa shape index (κ3) is 6.43. The second-order valence-electron chi connectivity index (χ2n) is 7.49. The van der Waals surface area contributed by atoms with Gasteiger partial charge in [-0.15, -0.1) is 0 Å². The normalized spacial score (nSPS) is 13.7. The molecule has 0 aliphatic heterocycles. The van der Waals surface area contributed by atoms with Gasteiger partial charge in [-0.25, -0.2) is 13.6 Å². The molecular formula is C22H34N4O3S. The summed E-state index contributed by atoms with van der Waals surface area (Å²) < 4.78 is 24.3. The molecule has 0 radical (unpaired) electrons. The quantitative estimate of drug-likeness (QED) is 0.502. The molecule has 8 heteroatoms. The average Bonchev–Trinajstić information content (AvgIpc) is 2.73. The highest BCUT2D eigenvalue weighted by Gasteiger charge is 2.20. The molecule has 2 rings (SSSR count). The minimum absolute atomic E-state index is 0.0413. The molecule has 30 heavy (non-hydrogen) atoms. The van der Waals surface area contributed by atoms with Crippen LogP contribution in [0, 0.1) is 0 Å². The van der Waals surface area contributed by atoms with E-state index >= 15 is 0 Å². The van der Waals surface area contributed by atoms with E-state index in [2.05, 4.69) is 10.2 Å². The van der Waals surface area contributed by atoms with Crippen molar-refractivity contribution in [3.8, 4) is 0 Å². The maximum absolute atomic E-state index is 12.1. The number of sulfonamides is 1. The number of benzene rings is 2. The lowest BCUT2D eigenvalue weighted by atomic mass is 10.1. The van der Waals surface area contributed by atoms with E-state index in [-0.39, 0.29) is 10.9 Å². The van der Waals surface area contributed by atoms with Crippen molar-refractivity contribution in [3.05, 3.63) is 54.1 Å². The fraction of sp³-hybridized carbons (Fsp3) is 0.455. The van der Waals surface area contributed by atoms with Gasteiger partial charge in [0.25, 0.3) is 0 Å². The molecule has 0 fully saturated rings. The van der Waals surface area contributed by atoms with Gasteiger partial charge in [0, 0.05) is 45.0 Å². The number of para-hydroxylation sites is 1. The number of primary sulfonamides is 1. The average molecular weight is 435 g/mol. The molecular weight excluding hydrogens is 400 g/mol. The lowest BCUT2D eigenvalue weighted by Crippen LogP contribution is -2.39. The molecule has 2 aromatic carbocycles. The highest BCUT2D eigenvalue weighted by molar-refractivity contribution is 7.89. The summed E-state index contributed by atoms with van der Waals surface area (Å²) in [5.41, 5.74) is 2.20. The van der Waals surface area contributed by atoms with Crippen LogP contribution in [-0.2, 0) is 10.0 Å². The van der Waals surface area contributed by atoms with Crippen LogP contribution in [0.15, 0.2) is 53.4 Å². The first-order valence-electron chi connectivity index (χ1n) is 10.3. The molecule has 0 spiro atoms. The number of aliphatic hydroxyl groups excluding tert-OH is 1. The summed E-state index contributed by atoms with van der Waals surface area (Å²) in [6.45, 7) is 8.35. The SMILES string of the molecule is CCN(CC)c1ccc(C(O)CNC(C)CN(C)c2ccccc2)cc1S(N)(=O)=O. The van der Waals surface area contributed by atoms with Gasteiger partial charge in [0.1, 0.15) is 4.90 Å². The highest BCUT2D eigenvalue weighted by atomic mass is 32.2. The van der Waals surface area contributed by atoms with Crippen molar-refractivity contribution in [2.24, 2.45) is 5.14 Å². The molecule has 0 heterocycles. The van der Waals surface area contributed by atoms with Crippen molar-refractivity contribution in [2.45, 2.75) is 37.8 Å². The molecule has 0 saturated heterocycles. The Morgan fingerprint density at radius 1 is 1.10 bits per heavy atom. The van der Waals surface area contributed by atoms with E-state index in [1.807, 2.05) is 63.1 Å². The molecule has 0 bridgehead atoms. The van der Waals surface area contributed by atoms with Crippen molar-refractivity contribution in [1.29, 1.82) is 0 Å². The number of aliphatic hydroxyl groups is 1. The minimum atomic E-state index is -3.91. The Balaban J connectivity index is 2.06. The van der Waals surface area contributed by atoms with Crippen LogP contribution in [0.1, 0.15) is 32.4 Å². The van der Waals surface area contributed by atoms with Gasteiger partial charge >= 0.3 is 0 Å². The zero-order chi connectivity index (χ0) is 22.3. The molecule has 2 atom stereocenters. The molecule has 2 unspecified atom stereocenters. The van der Waals surface area contributed by atoms with Gasteiger partial charge in [-0.1, -0.05) is 24.3 Å². The van der Waals surface area contributed by atoms with E-state index in [1.54, 1.807) is 12.1 Å². The van der Waals surface area contributed by atoms with Gasteiger partial charge in [-0.05, 0) is 50.6 Å². The summed E-state index contributed by atoms with van der Waals surface area (Å²) in [4.78, 5) is 4.11. The summed E-state index contributed by atoms with van der Waals surface area (Å²) in [7, 11) is -1.89. The van der Waals surface area contributed by atoms with E-state index in [1.165, 1.54) is 6.07 Å². The molecule has 166 valence electrons. The Hall–Kier alpha value is -2.13. The van der Waals surface area contributed by atoms with Crippen LogP contribution in [0.3, 0.4) is 0 Å². The number of rotatable bonds is 11. The van der Waals surface area contributed by atoms with Gasteiger partial charge in [0.2, 0.25) is 10.0 Å². The van der Waals surface area contributed by atoms with Crippen molar-refractivity contribution in [3.63, 3.8) is 0 Å². The second-order valence-corrected chi connectivity index (χ2v) is 9.02. The molecule has 4 N–H and O–H groups in total. The van der Waals surface area contributed by atoms with E-state index in [4.69, 9.17) is 5.14 Å². The van der Waals surface area contributed by atoms with Crippen LogP contribution < -0.4 is 20.3 Å². The molecule has 0 aliphatic rings. The first kappa shape index (κ1) is 24.1. The Morgan fingerprint density at radius 3 is 2.30 bits per heavy atom. The second kappa shape index (κ2) is 10.8. The van der Waals surface area contributed by atoms with Crippen LogP contribution in [0.2, 0.25) is 0 Å². The molecule has 0 aromatic heterocycles. The predicted molar refractivity (Wildman–Crippen MR) is 124 cm³/mol. The van der Waals surface area contributed by atoms with Crippen molar-refractivity contribution < 1.29 is 13.5 Å². The molecule has 0 saturated carbocycles. The first-order valence-corrected chi connectivity index (χ1v) is 11.8. The highest BCUT2D eigenvalue weighted by Crippen LogP contribution is 2.28. The third-order valence-electron chi connectivity index (χ3n) is 5.18. The first-order chi connectivity index (χ1) is 14.2. The lowest BCUT2D eigenvalue weighted by Gasteiger charge is -2.26. The van der Waals surface area contributed by atoms with Gasteiger partial charge < -0.3 is 20.2 Å². The summed E-state index contributed by atoms with van der Waals surface area (Å²) in [5.74, 6) is 0. The summed E-state index contributed by atoms with van der Waals surface area (Å²) in [6, 6.07) is 15.2. The van der Waals surface area contributed by atoms with Gasteiger partial charge in [0.05, 0.1) is 11.8 Å². The molecule has 7 nitrogen and oxygen atoms in total. The predicted octanol–water partition coefficient (Wildman–Crippen LogP) is 2.33. The van der Waals surface area contributed by atoms with Crippen molar-refractivity contribution >= 4 is 21.4 Å². The topological polar surface area (TPSA) is 98.9 Å². The zero-order valence-corrected chi connectivity index (χ0v) is 19.1. The number of nitrogens with two attached hydrogens (primary N) is 1. The summed E-state index contributed by atoms with van der Waals surface area (Å²) >= 11 is 0. The maximum Gasteiger partial charge on any atom is 0.240 e. The number of nitrogens with one attached hydrogen (secondary N) is 1. The Labute approximate surface area is 180 Å². The Bertz CT molecular complexity index is 902. The standard InChI is InChI=1S/C22H34N4O3S/c1-5-26(6-2)20-13-12-18(14-22(20)30(23,28)29)21(27)15-24-17(3)16-25(4)19-10-8-7-9-11-19/h7-14,17,21,24,27H,5-6,15-16H2,1-4H3,(H2,23,28,29). The Kier molecular flexibility index (Phi) is 8.66. The fourth-order valence-corrected chi connectivity index (χ4v) is 4.27. The molecule has 2 aromatic rings. The number of nitrogens with zero attached hydrogens (tertiary/aromatic N) is 2. The van der Waals surface area contributed by atoms with Crippen molar-refractivity contribution in [2.75, 3.05) is 43.0 Å². The van der Waals surface area contributed by atoms with E-state index in [9.17, 15) is 13.5 Å². The van der Waals surface area contributed by atoms with Crippen LogP contribution in [-0.4, -0.2) is 52.8 Å². The van der Waals surface area contributed by atoms with Gasteiger partial charge in [-0.3, -0.25) is 0 Å². The largest absolute Gasteiger partial charge is 0.387 e. The zero-order valence-electron chi connectivity index (χ0n) is 18.2. The number of anilines is 2. The minimum Gasteiger partial charge on any atom is -0.387 e. The molecule has 0 aliphatic carbocycles. The monoisotopic (exact) mass is 434 g/mol. The number of hydrogen-bond acceptors (Lipinski definition) is 6. The Morgan fingerprint density at radius 2 is 1.73 bits per heavy atom. The van der Waals surface area contributed by atoms with E-state index in [0.29, 0.717) is 30.9 Å². The lowest BCUT2D eigenvalue weighted by molar-refractivity contribution is 0.170. The third-order valence-corrected chi connectivity index (χ3v) is 6.12. The number of hydrogen-bond donors (Lipinski definition) is 3. The van der Waals surface area contributed by atoms with Crippen LogP contribution in [0.25, 0.3) is 0 Å². The molecule has 0 amide bonds. The van der Waals surface area contributed by atoms with Gasteiger partial charge in [-0.2, -0.15) is 0 Å². The summed E-state index contributed by atoms with van der Waals surface area (Å²) in [5, 5.41) is 19.4.